The van der Waals surface area contributed by atoms with Crippen LogP contribution in [0.25, 0.3) is 0 Å². The minimum absolute atomic E-state index is 0.259. The van der Waals surface area contributed by atoms with E-state index in [1.165, 1.54) is 10.9 Å². The summed E-state index contributed by atoms with van der Waals surface area (Å²) in [5.74, 6) is -0.352. The maximum atomic E-state index is 13.1. The van der Waals surface area contributed by atoms with Crippen molar-refractivity contribution in [1.29, 1.82) is 0 Å². The van der Waals surface area contributed by atoms with E-state index < -0.39 is 0 Å². The fraction of sp³-hybridized carbons (Fsp3) is 0.231. The number of hydrogen-bond acceptors (Lipinski definition) is 3. The van der Waals surface area contributed by atoms with Crippen molar-refractivity contribution in [1.82, 2.24) is 5.32 Å². The first-order chi connectivity index (χ1) is 8.29. The zero-order valence-corrected chi connectivity index (χ0v) is 10.1. The van der Waals surface area contributed by atoms with Crippen LogP contribution >= 0.6 is 11.3 Å². The van der Waals surface area contributed by atoms with Gasteiger partial charge in [0, 0.05) is 23.5 Å². The standard InChI is InChI=1S/C13H14FNOS/c14-13-4-3-10(6-11(13)9-16)7-15-8-12-2-1-5-17-12/h1-6,15-16H,7-9H2. The van der Waals surface area contributed by atoms with Gasteiger partial charge >= 0.3 is 0 Å². The zero-order chi connectivity index (χ0) is 12.1. The van der Waals surface area contributed by atoms with Crippen LogP contribution in [0, 0.1) is 5.82 Å². The minimum atomic E-state index is -0.352. The second kappa shape index (κ2) is 5.91. The van der Waals surface area contributed by atoms with Gasteiger partial charge in [0.15, 0.2) is 0 Å². The number of rotatable bonds is 5. The molecule has 1 aromatic carbocycles. The van der Waals surface area contributed by atoms with Crippen molar-refractivity contribution in [3.63, 3.8) is 0 Å². The summed E-state index contributed by atoms with van der Waals surface area (Å²) >= 11 is 1.71. The molecule has 0 fully saturated rings. The maximum Gasteiger partial charge on any atom is 0.128 e. The first kappa shape index (κ1) is 12.2. The summed E-state index contributed by atoms with van der Waals surface area (Å²) in [6.07, 6.45) is 0. The third-order valence-electron chi connectivity index (χ3n) is 2.49. The van der Waals surface area contributed by atoms with Gasteiger partial charge in [0.2, 0.25) is 0 Å². The van der Waals surface area contributed by atoms with E-state index in [1.54, 1.807) is 23.5 Å². The van der Waals surface area contributed by atoms with Gasteiger partial charge in [-0.2, -0.15) is 0 Å². The number of hydrogen-bond donors (Lipinski definition) is 2. The molecule has 0 amide bonds. The largest absolute Gasteiger partial charge is 0.392 e. The Labute approximate surface area is 104 Å². The number of aliphatic hydroxyl groups is 1. The molecule has 0 bridgehead atoms. The van der Waals surface area contributed by atoms with Crippen LogP contribution in [-0.2, 0) is 19.7 Å². The summed E-state index contributed by atoms with van der Waals surface area (Å²) in [4.78, 5) is 1.27. The third-order valence-corrected chi connectivity index (χ3v) is 3.37. The highest BCUT2D eigenvalue weighted by molar-refractivity contribution is 7.09. The van der Waals surface area contributed by atoms with E-state index >= 15 is 0 Å². The molecule has 90 valence electrons. The molecule has 2 rings (SSSR count). The van der Waals surface area contributed by atoms with E-state index in [4.69, 9.17) is 5.11 Å². The Hall–Kier alpha value is -1.23. The Morgan fingerprint density at radius 2 is 2.12 bits per heavy atom. The molecule has 2 aromatic rings. The fourth-order valence-electron chi connectivity index (χ4n) is 1.60. The van der Waals surface area contributed by atoms with Crippen molar-refractivity contribution < 1.29 is 9.50 Å². The summed E-state index contributed by atoms with van der Waals surface area (Å²) in [5, 5.41) is 14.3. The van der Waals surface area contributed by atoms with Crippen LogP contribution in [0.5, 0.6) is 0 Å². The van der Waals surface area contributed by atoms with E-state index in [9.17, 15) is 4.39 Å². The lowest BCUT2D eigenvalue weighted by molar-refractivity contribution is 0.275. The van der Waals surface area contributed by atoms with Gasteiger partial charge < -0.3 is 10.4 Å². The number of aliphatic hydroxyl groups excluding tert-OH is 1. The van der Waals surface area contributed by atoms with Crippen LogP contribution < -0.4 is 5.32 Å². The minimum Gasteiger partial charge on any atom is -0.392 e. The van der Waals surface area contributed by atoms with Crippen molar-refractivity contribution in [3.05, 3.63) is 57.5 Å². The van der Waals surface area contributed by atoms with E-state index in [0.29, 0.717) is 12.1 Å². The highest BCUT2D eigenvalue weighted by atomic mass is 32.1. The lowest BCUT2D eigenvalue weighted by Crippen LogP contribution is -2.12. The van der Waals surface area contributed by atoms with Crippen LogP contribution in [0.3, 0.4) is 0 Å². The quantitative estimate of drug-likeness (QED) is 0.856. The SMILES string of the molecule is OCc1cc(CNCc2cccs2)ccc1F. The van der Waals surface area contributed by atoms with Crippen LogP contribution in [0.4, 0.5) is 4.39 Å². The topological polar surface area (TPSA) is 32.3 Å². The van der Waals surface area contributed by atoms with Crippen molar-refractivity contribution in [2.24, 2.45) is 0 Å². The molecule has 0 aliphatic heterocycles. The van der Waals surface area contributed by atoms with Gasteiger partial charge in [-0.15, -0.1) is 11.3 Å². The number of nitrogens with one attached hydrogen (secondary N) is 1. The number of thiophene rings is 1. The van der Waals surface area contributed by atoms with E-state index in [0.717, 1.165) is 12.1 Å². The molecule has 4 heteroatoms. The van der Waals surface area contributed by atoms with Crippen LogP contribution in [0.15, 0.2) is 35.7 Å². The lowest BCUT2D eigenvalue weighted by Gasteiger charge is -2.06. The third kappa shape index (κ3) is 3.36. The summed E-state index contributed by atoms with van der Waals surface area (Å²) in [5.41, 5.74) is 1.33. The second-order valence-corrected chi connectivity index (χ2v) is 4.80. The van der Waals surface area contributed by atoms with Gasteiger partial charge in [0.1, 0.15) is 5.82 Å². The second-order valence-electron chi connectivity index (χ2n) is 3.77. The molecule has 0 spiro atoms. The molecule has 0 aliphatic rings. The van der Waals surface area contributed by atoms with E-state index in [-0.39, 0.29) is 12.4 Å². The molecule has 0 aliphatic carbocycles. The molecule has 0 unspecified atom stereocenters. The molecule has 2 nitrogen and oxygen atoms in total. The number of halogens is 1. The van der Waals surface area contributed by atoms with Crippen molar-refractivity contribution >= 4 is 11.3 Å². The molecule has 0 saturated carbocycles. The Bertz CT molecular complexity index is 470. The molecule has 1 aromatic heterocycles. The van der Waals surface area contributed by atoms with E-state index in [2.05, 4.69) is 11.4 Å². The molecular formula is C13H14FNOS. The van der Waals surface area contributed by atoms with Gasteiger partial charge in [-0.3, -0.25) is 0 Å². The predicted molar refractivity (Wildman–Crippen MR) is 67.2 cm³/mol. The molecule has 0 saturated heterocycles. The van der Waals surface area contributed by atoms with Gasteiger partial charge in [0.05, 0.1) is 6.61 Å². The highest BCUT2D eigenvalue weighted by Crippen LogP contribution is 2.11. The zero-order valence-electron chi connectivity index (χ0n) is 9.32. The molecule has 17 heavy (non-hydrogen) atoms. The Kier molecular flexibility index (Phi) is 4.25. The predicted octanol–water partition coefficient (Wildman–Crippen LogP) is 2.67. The first-order valence-corrected chi connectivity index (χ1v) is 6.29. The highest BCUT2D eigenvalue weighted by Gasteiger charge is 2.02. The Morgan fingerprint density at radius 1 is 1.24 bits per heavy atom. The van der Waals surface area contributed by atoms with Crippen LogP contribution in [0.2, 0.25) is 0 Å². The molecule has 0 atom stereocenters. The Morgan fingerprint density at radius 3 is 2.82 bits per heavy atom. The lowest BCUT2D eigenvalue weighted by atomic mass is 10.1. The maximum absolute atomic E-state index is 13.1. The molecular weight excluding hydrogens is 237 g/mol. The summed E-state index contributed by atoms with van der Waals surface area (Å²) in [6, 6.07) is 8.91. The van der Waals surface area contributed by atoms with Gasteiger partial charge in [-0.1, -0.05) is 12.1 Å². The van der Waals surface area contributed by atoms with Gasteiger partial charge in [0.25, 0.3) is 0 Å². The summed E-state index contributed by atoms with van der Waals surface area (Å²) in [7, 11) is 0. The number of benzene rings is 1. The van der Waals surface area contributed by atoms with Crippen LogP contribution in [0.1, 0.15) is 16.0 Å². The average molecular weight is 251 g/mol. The van der Waals surface area contributed by atoms with Crippen molar-refractivity contribution in [2.75, 3.05) is 0 Å². The summed E-state index contributed by atoms with van der Waals surface area (Å²) in [6.45, 7) is 1.22. The molecule has 1 heterocycles. The van der Waals surface area contributed by atoms with Crippen molar-refractivity contribution in [2.45, 2.75) is 19.7 Å². The summed E-state index contributed by atoms with van der Waals surface area (Å²) < 4.78 is 13.1. The molecule has 2 N–H and O–H groups in total. The first-order valence-electron chi connectivity index (χ1n) is 5.41. The average Bonchev–Trinajstić information content (AvgIpc) is 2.84. The Balaban J connectivity index is 1.90. The smallest absolute Gasteiger partial charge is 0.128 e. The van der Waals surface area contributed by atoms with Crippen LogP contribution in [-0.4, -0.2) is 5.11 Å². The monoisotopic (exact) mass is 251 g/mol. The van der Waals surface area contributed by atoms with Crippen molar-refractivity contribution in [3.8, 4) is 0 Å². The van der Waals surface area contributed by atoms with E-state index in [1.807, 2.05) is 11.4 Å². The van der Waals surface area contributed by atoms with Gasteiger partial charge in [-0.25, -0.2) is 4.39 Å². The van der Waals surface area contributed by atoms with Gasteiger partial charge in [-0.05, 0) is 29.1 Å². The fourth-order valence-corrected chi connectivity index (χ4v) is 2.28. The normalized spacial score (nSPS) is 10.7. The molecule has 0 radical (unpaired) electrons.